The number of hydrogen-bond donors (Lipinski definition) is 1. The van der Waals surface area contributed by atoms with Crippen molar-refractivity contribution in [1.82, 2.24) is 10.3 Å². The first-order chi connectivity index (χ1) is 9.85. The molecule has 0 saturated carbocycles. The van der Waals surface area contributed by atoms with Crippen molar-refractivity contribution in [2.24, 2.45) is 0 Å². The molecule has 4 nitrogen and oxygen atoms in total. The van der Waals surface area contributed by atoms with Gasteiger partial charge < -0.3 is 14.5 Å². The molecule has 0 bridgehead atoms. The van der Waals surface area contributed by atoms with E-state index >= 15 is 0 Å². The number of furan rings is 1. The Labute approximate surface area is 117 Å². The third-order valence-electron chi connectivity index (χ3n) is 3.04. The molecule has 0 unspecified atom stereocenters. The van der Waals surface area contributed by atoms with Crippen LogP contribution in [0.25, 0.3) is 10.9 Å². The predicted octanol–water partition coefficient (Wildman–Crippen LogP) is 3.13. The number of pyridine rings is 1. The lowest BCUT2D eigenvalue weighted by Crippen LogP contribution is -2.03. The summed E-state index contributed by atoms with van der Waals surface area (Å²) in [5, 5.41) is 4.15. The third-order valence-corrected chi connectivity index (χ3v) is 3.04. The molecule has 102 valence electrons. The van der Waals surface area contributed by atoms with Gasteiger partial charge in [-0.05, 0) is 25.2 Å². The molecule has 0 aliphatic heterocycles. The van der Waals surface area contributed by atoms with Crippen LogP contribution in [0, 0.1) is 0 Å². The van der Waals surface area contributed by atoms with Crippen LogP contribution in [0.3, 0.4) is 0 Å². The molecule has 1 aromatic carbocycles. The van der Waals surface area contributed by atoms with Crippen LogP contribution >= 0.6 is 0 Å². The molecule has 0 atom stereocenters. The molecule has 3 rings (SSSR count). The van der Waals surface area contributed by atoms with Crippen LogP contribution in [0.4, 0.5) is 0 Å². The highest BCUT2D eigenvalue weighted by Crippen LogP contribution is 2.19. The Kier molecular flexibility index (Phi) is 3.65. The van der Waals surface area contributed by atoms with Crippen molar-refractivity contribution < 1.29 is 9.15 Å². The van der Waals surface area contributed by atoms with Crippen LogP contribution in [0.5, 0.6) is 5.75 Å². The van der Waals surface area contributed by atoms with Crippen LogP contribution in [0.2, 0.25) is 0 Å². The summed E-state index contributed by atoms with van der Waals surface area (Å²) in [6.07, 6.45) is 3.48. The number of hydrogen-bond acceptors (Lipinski definition) is 4. The molecule has 4 heteroatoms. The van der Waals surface area contributed by atoms with Gasteiger partial charge in [-0.15, -0.1) is 0 Å². The molecule has 3 aromatic rings. The van der Waals surface area contributed by atoms with E-state index < -0.39 is 0 Å². The van der Waals surface area contributed by atoms with Gasteiger partial charge in [-0.3, -0.25) is 4.98 Å². The minimum Gasteiger partial charge on any atom is -0.484 e. The molecular weight excluding hydrogens is 252 g/mol. The monoisotopic (exact) mass is 268 g/mol. The van der Waals surface area contributed by atoms with E-state index in [1.165, 1.54) is 0 Å². The number of para-hydroxylation sites is 1. The van der Waals surface area contributed by atoms with E-state index in [2.05, 4.69) is 10.3 Å². The average molecular weight is 268 g/mol. The molecule has 0 aliphatic carbocycles. The van der Waals surface area contributed by atoms with E-state index in [1.807, 2.05) is 43.4 Å². The van der Waals surface area contributed by atoms with Crippen LogP contribution in [0.1, 0.15) is 11.3 Å². The Balaban J connectivity index is 1.69. The maximum atomic E-state index is 5.71. The Morgan fingerprint density at radius 2 is 2.15 bits per heavy atom. The first-order valence-electron chi connectivity index (χ1n) is 6.53. The van der Waals surface area contributed by atoms with Gasteiger partial charge in [0.1, 0.15) is 18.1 Å². The molecule has 2 aromatic heterocycles. The minimum atomic E-state index is 0.406. The zero-order valence-corrected chi connectivity index (χ0v) is 11.3. The number of nitrogens with zero attached hydrogens (tertiary/aromatic N) is 1. The van der Waals surface area contributed by atoms with Crippen molar-refractivity contribution in [3.8, 4) is 5.75 Å². The van der Waals surface area contributed by atoms with Gasteiger partial charge in [-0.1, -0.05) is 18.2 Å². The summed E-state index contributed by atoms with van der Waals surface area (Å²) in [6.45, 7) is 1.20. The second-order valence-corrected chi connectivity index (χ2v) is 4.60. The Morgan fingerprint density at radius 1 is 1.25 bits per heavy atom. The molecule has 0 spiro atoms. The van der Waals surface area contributed by atoms with E-state index in [1.54, 1.807) is 12.5 Å². The first-order valence-corrected chi connectivity index (χ1v) is 6.53. The predicted molar refractivity (Wildman–Crippen MR) is 77.5 cm³/mol. The minimum absolute atomic E-state index is 0.406. The number of rotatable bonds is 5. The van der Waals surface area contributed by atoms with Crippen LogP contribution in [-0.2, 0) is 13.2 Å². The zero-order valence-electron chi connectivity index (χ0n) is 11.3. The van der Waals surface area contributed by atoms with Crippen molar-refractivity contribution in [1.29, 1.82) is 0 Å². The fraction of sp³-hybridized carbons (Fsp3) is 0.188. The van der Waals surface area contributed by atoms with Gasteiger partial charge in [0.25, 0.3) is 0 Å². The largest absolute Gasteiger partial charge is 0.484 e. The zero-order chi connectivity index (χ0) is 13.8. The lowest BCUT2D eigenvalue weighted by atomic mass is 10.2. The molecule has 0 aliphatic rings. The van der Waals surface area contributed by atoms with E-state index in [-0.39, 0.29) is 0 Å². The maximum absolute atomic E-state index is 5.71. The first kappa shape index (κ1) is 12.7. The van der Waals surface area contributed by atoms with Crippen LogP contribution < -0.4 is 10.1 Å². The molecule has 2 heterocycles. The summed E-state index contributed by atoms with van der Waals surface area (Å²) in [4.78, 5) is 4.36. The van der Waals surface area contributed by atoms with E-state index in [0.29, 0.717) is 6.61 Å². The number of benzene rings is 1. The Morgan fingerprint density at radius 3 is 3.05 bits per heavy atom. The summed E-state index contributed by atoms with van der Waals surface area (Å²) in [7, 11) is 1.91. The van der Waals surface area contributed by atoms with Crippen molar-refractivity contribution in [3.05, 3.63) is 60.2 Å². The van der Waals surface area contributed by atoms with Gasteiger partial charge in [0, 0.05) is 17.5 Å². The average Bonchev–Trinajstić information content (AvgIpc) is 2.93. The second-order valence-electron chi connectivity index (χ2n) is 4.60. The van der Waals surface area contributed by atoms with Gasteiger partial charge in [0.05, 0.1) is 18.0 Å². The van der Waals surface area contributed by atoms with E-state index in [9.17, 15) is 0 Å². The normalized spacial score (nSPS) is 10.8. The number of fused-ring (bicyclic) bond motifs is 1. The standard InChI is InChI=1S/C16H16N2O2/c1-17-8-12-6-15(19-10-12)11-20-14-7-13-4-2-3-5-16(13)18-9-14/h2-7,9-10,17H,8,11H2,1H3. The summed E-state index contributed by atoms with van der Waals surface area (Å²) in [6, 6.07) is 11.9. The van der Waals surface area contributed by atoms with Crippen LogP contribution in [0.15, 0.2) is 53.3 Å². The van der Waals surface area contributed by atoms with Gasteiger partial charge >= 0.3 is 0 Å². The quantitative estimate of drug-likeness (QED) is 0.772. The fourth-order valence-electron chi connectivity index (χ4n) is 2.08. The van der Waals surface area contributed by atoms with Gasteiger partial charge in [-0.25, -0.2) is 0 Å². The smallest absolute Gasteiger partial charge is 0.146 e. The topological polar surface area (TPSA) is 47.3 Å². The summed E-state index contributed by atoms with van der Waals surface area (Å²) in [5.41, 5.74) is 2.08. The fourth-order valence-corrected chi connectivity index (χ4v) is 2.08. The van der Waals surface area contributed by atoms with Crippen molar-refractivity contribution >= 4 is 10.9 Å². The maximum Gasteiger partial charge on any atom is 0.146 e. The number of nitrogens with one attached hydrogen (secondary N) is 1. The van der Waals surface area contributed by atoms with Gasteiger partial charge in [-0.2, -0.15) is 0 Å². The number of aromatic nitrogens is 1. The lowest BCUT2D eigenvalue weighted by molar-refractivity contribution is 0.270. The van der Waals surface area contributed by atoms with Crippen molar-refractivity contribution in [2.75, 3.05) is 7.05 Å². The van der Waals surface area contributed by atoms with Gasteiger partial charge in [0.15, 0.2) is 0 Å². The SMILES string of the molecule is CNCc1coc(COc2cnc3ccccc3c2)c1. The third kappa shape index (κ3) is 2.81. The second kappa shape index (κ2) is 5.75. The number of ether oxygens (including phenoxy) is 1. The molecular formula is C16H16N2O2. The van der Waals surface area contributed by atoms with Crippen LogP contribution in [-0.4, -0.2) is 12.0 Å². The van der Waals surface area contributed by atoms with E-state index in [4.69, 9.17) is 9.15 Å². The Bertz CT molecular complexity index is 706. The molecule has 0 amide bonds. The van der Waals surface area contributed by atoms with E-state index in [0.717, 1.165) is 34.5 Å². The molecule has 0 fully saturated rings. The molecule has 0 saturated heterocycles. The Hall–Kier alpha value is -2.33. The summed E-state index contributed by atoms with van der Waals surface area (Å²) >= 11 is 0. The van der Waals surface area contributed by atoms with Gasteiger partial charge in [0.2, 0.25) is 0 Å². The van der Waals surface area contributed by atoms with Crippen molar-refractivity contribution in [3.63, 3.8) is 0 Å². The highest BCUT2D eigenvalue weighted by molar-refractivity contribution is 5.79. The summed E-state index contributed by atoms with van der Waals surface area (Å²) in [5.74, 6) is 1.55. The lowest BCUT2D eigenvalue weighted by Gasteiger charge is -2.04. The highest BCUT2D eigenvalue weighted by Gasteiger charge is 2.03. The molecule has 1 N–H and O–H groups in total. The highest BCUT2D eigenvalue weighted by atomic mass is 16.5. The summed E-state index contributed by atoms with van der Waals surface area (Å²) < 4.78 is 11.2. The van der Waals surface area contributed by atoms with Crippen molar-refractivity contribution in [2.45, 2.75) is 13.2 Å². The molecule has 0 radical (unpaired) electrons. The molecule has 20 heavy (non-hydrogen) atoms.